The molecule has 3 atom stereocenters. The van der Waals surface area contributed by atoms with Crippen molar-refractivity contribution in [1.82, 2.24) is 4.90 Å². The highest BCUT2D eigenvalue weighted by Crippen LogP contribution is 2.34. The number of hydrogen-bond donors (Lipinski definition) is 0. The molecule has 2 saturated heterocycles. The molecule has 17 heavy (non-hydrogen) atoms. The Hall–Kier alpha value is -0.0800. The maximum atomic E-state index is 6.34. The summed E-state index contributed by atoms with van der Waals surface area (Å²) in [5.41, 5.74) is 0. The van der Waals surface area contributed by atoms with Crippen LogP contribution in [0.4, 0.5) is 0 Å². The number of rotatable bonds is 5. The predicted octanol–water partition coefficient (Wildman–Crippen LogP) is 3.60. The van der Waals surface area contributed by atoms with Gasteiger partial charge in [-0.1, -0.05) is 26.7 Å². The van der Waals surface area contributed by atoms with E-state index in [4.69, 9.17) is 4.74 Å². The number of hydrogen-bond acceptors (Lipinski definition) is 2. The van der Waals surface area contributed by atoms with Crippen LogP contribution in [0.1, 0.15) is 65.2 Å². The van der Waals surface area contributed by atoms with E-state index >= 15 is 0 Å². The molecule has 2 bridgehead atoms. The highest BCUT2D eigenvalue weighted by atomic mass is 16.5. The minimum absolute atomic E-state index is 0.508. The van der Waals surface area contributed by atoms with Gasteiger partial charge in [0, 0.05) is 12.1 Å². The Labute approximate surface area is 107 Å². The minimum atomic E-state index is 0.508. The molecule has 2 rings (SSSR count). The molecule has 0 aromatic heterocycles. The second kappa shape index (κ2) is 6.19. The Morgan fingerprint density at radius 3 is 2.35 bits per heavy atom. The predicted molar refractivity (Wildman–Crippen MR) is 72.3 cm³/mol. The van der Waals surface area contributed by atoms with E-state index in [1.54, 1.807) is 0 Å². The summed E-state index contributed by atoms with van der Waals surface area (Å²) in [7, 11) is 2.31. The Kier molecular flexibility index (Phi) is 4.87. The number of fused-ring (bicyclic) bond motifs is 2. The summed E-state index contributed by atoms with van der Waals surface area (Å²) in [4.78, 5) is 2.62. The van der Waals surface area contributed by atoms with Gasteiger partial charge in [0.15, 0.2) is 0 Å². The van der Waals surface area contributed by atoms with Crippen molar-refractivity contribution in [2.75, 3.05) is 7.05 Å². The molecule has 0 aliphatic carbocycles. The Balaban J connectivity index is 1.86. The molecule has 100 valence electrons. The van der Waals surface area contributed by atoms with Crippen LogP contribution in [0.15, 0.2) is 0 Å². The third kappa shape index (κ3) is 3.23. The lowest BCUT2D eigenvalue weighted by atomic mass is 9.83. The first-order valence-electron chi connectivity index (χ1n) is 7.62. The topological polar surface area (TPSA) is 12.5 Å². The third-order valence-corrected chi connectivity index (χ3v) is 4.75. The molecule has 2 aliphatic rings. The molecule has 3 unspecified atom stereocenters. The number of nitrogens with zero attached hydrogens (tertiary/aromatic N) is 1. The van der Waals surface area contributed by atoms with Crippen molar-refractivity contribution >= 4 is 0 Å². The molecule has 2 fully saturated rings. The van der Waals surface area contributed by atoms with Crippen LogP contribution in [0.3, 0.4) is 0 Å². The molecule has 0 N–H and O–H groups in total. The Morgan fingerprint density at radius 1 is 1.18 bits per heavy atom. The summed E-state index contributed by atoms with van der Waals surface area (Å²) in [6.45, 7) is 4.52. The van der Waals surface area contributed by atoms with Gasteiger partial charge in [-0.15, -0.1) is 0 Å². The van der Waals surface area contributed by atoms with Gasteiger partial charge in [-0.05, 0) is 45.6 Å². The van der Waals surface area contributed by atoms with Crippen molar-refractivity contribution in [3.63, 3.8) is 0 Å². The smallest absolute Gasteiger partial charge is 0.0608 e. The van der Waals surface area contributed by atoms with E-state index in [1.807, 2.05) is 0 Å². The average molecular weight is 239 g/mol. The summed E-state index contributed by atoms with van der Waals surface area (Å²) in [6, 6.07) is 1.60. The zero-order chi connectivity index (χ0) is 12.3. The molecule has 2 heterocycles. The van der Waals surface area contributed by atoms with Crippen molar-refractivity contribution < 1.29 is 4.74 Å². The fourth-order valence-corrected chi connectivity index (χ4v) is 3.64. The monoisotopic (exact) mass is 239 g/mol. The first kappa shape index (κ1) is 13.4. The van der Waals surface area contributed by atoms with Gasteiger partial charge in [-0.3, -0.25) is 0 Å². The van der Waals surface area contributed by atoms with Gasteiger partial charge in [0.05, 0.1) is 12.2 Å². The molecule has 0 spiro atoms. The van der Waals surface area contributed by atoms with E-state index in [2.05, 4.69) is 25.8 Å². The maximum absolute atomic E-state index is 6.34. The van der Waals surface area contributed by atoms with Gasteiger partial charge in [-0.25, -0.2) is 0 Å². The lowest BCUT2D eigenvalue weighted by Crippen LogP contribution is -2.52. The van der Waals surface area contributed by atoms with Gasteiger partial charge in [-0.2, -0.15) is 0 Å². The van der Waals surface area contributed by atoms with E-state index in [-0.39, 0.29) is 0 Å². The summed E-state index contributed by atoms with van der Waals surface area (Å²) in [6.07, 6.45) is 11.5. The highest BCUT2D eigenvalue weighted by Gasteiger charge is 2.36. The summed E-state index contributed by atoms with van der Waals surface area (Å²) in [5.74, 6) is 0. The van der Waals surface area contributed by atoms with Crippen LogP contribution in [0, 0.1) is 0 Å². The fourth-order valence-electron chi connectivity index (χ4n) is 3.64. The second-order valence-corrected chi connectivity index (χ2v) is 5.95. The molecule has 0 saturated carbocycles. The normalized spacial score (nSPS) is 35.8. The van der Waals surface area contributed by atoms with Crippen molar-refractivity contribution in [3.8, 4) is 0 Å². The standard InChI is InChI=1S/C15H29NO/c1-4-7-14(5-2)17-15-10-12-8-6-9-13(11-15)16(12)3/h12-15H,4-11H2,1-3H3. The highest BCUT2D eigenvalue weighted by molar-refractivity contribution is 4.91. The van der Waals surface area contributed by atoms with E-state index in [1.165, 1.54) is 51.4 Å². The maximum Gasteiger partial charge on any atom is 0.0608 e. The number of ether oxygens (including phenoxy) is 1. The largest absolute Gasteiger partial charge is 0.375 e. The van der Waals surface area contributed by atoms with Gasteiger partial charge < -0.3 is 9.64 Å². The summed E-state index contributed by atoms with van der Waals surface area (Å²) < 4.78 is 6.34. The minimum Gasteiger partial charge on any atom is -0.375 e. The molecule has 0 radical (unpaired) electrons. The van der Waals surface area contributed by atoms with Crippen LogP contribution in [-0.4, -0.2) is 36.2 Å². The number of piperidine rings is 2. The summed E-state index contributed by atoms with van der Waals surface area (Å²) >= 11 is 0. The van der Waals surface area contributed by atoms with Gasteiger partial charge >= 0.3 is 0 Å². The van der Waals surface area contributed by atoms with E-state index in [9.17, 15) is 0 Å². The molecule has 0 aromatic carbocycles. The van der Waals surface area contributed by atoms with Crippen molar-refractivity contribution in [2.45, 2.75) is 89.5 Å². The first-order valence-corrected chi connectivity index (χ1v) is 7.62. The van der Waals surface area contributed by atoms with E-state index in [0.29, 0.717) is 12.2 Å². The van der Waals surface area contributed by atoms with Crippen molar-refractivity contribution in [3.05, 3.63) is 0 Å². The van der Waals surface area contributed by atoms with Crippen LogP contribution in [0.5, 0.6) is 0 Å². The zero-order valence-corrected chi connectivity index (χ0v) is 11.8. The average Bonchev–Trinajstić information content (AvgIpc) is 2.29. The lowest BCUT2D eigenvalue weighted by molar-refractivity contribution is -0.0847. The first-order chi connectivity index (χ1) is 8.24. The van der Waals surface area contributed by atoms with Gasteiger partial charge in [0.2, 0.25) is 0 Å². The van der Waals surface area contributed by atoms with Gasteiger partial charge in [0.25, 0.3) is 0 Å². The van der Waals surface area contributed by atoms with Crippen LogP contribution < -0.4 is 0 Å². The Bertz CT molecular complexity index is 217. The molecule has 0 amide bonds. The molecule has 2 heteroatoms. The third-order valence-electron chi connectivity index (χ3n) is 4.75. The molecule has 0 aromatic rings. The molecule has 2 nitrogen and oxygen atoms in total. The molecular weight excluding hydrogens is 210 g/mol. The van der Waals surface area contributed by atoms with E-state index in [0.717, 1.165) is 12.1 Å². The SMILES string of the molecule is CCCC(CC)OC1CC2CCCC(C1)N2C. The van der Waals surface area contributed by atoms with Crippen molar-refractivity contribution in [1.29, 1.82) is 0 Å². The van der Waals surface area contributed by atoms with Gasteiger partial charge in [0.1, 0.15) is 0 Å². The van der Waals surface area contributed by atoms with Crippen LogP contribution in [0.25, 0.3) is 0 Å². The van der Waals surface area contributed by atoms with Crippen molar-refractivity contribution in [2.24, 2.45) is 0 Å². The fraction of sp³-hybridized carbons (Fsp3) is 1.00. The summed E-state index contributed by atoms with van der Waals surface area (Å²) in [5, 5.41) is 0. The lowest BCUT2D eigenvalue weighted by Gasteiger charge is -2.47. The Morgan fingerprint density at radius 2 is 1.82 bits per heavy atom. The van der Waals surface area contributed by atoms with Crippen LogP contribution >= 0.6 is 0 Å². The molecule has 2 aliphatic heterocycles. The van der Waals surface area contributed by atoms with E-state index < -0.39 is 0 Å². The second-order valence-electron chi connectivity index (χ2n) is 5.95. The zero-order valence-electron chi connectivity index (χ0n) is 11.8. The quantitative estimate of drug-likeness (QED) is 0.727. The molecular formula is C15H29NO. The van der Waals surface area contributed by atoms with Crippen LogP contribution in [-0.2, 0) is 4.74 Å². The van der Waals surface area contributed by atoms with Crippen LogP contribution in [0.2, 0.25) is 0 Å².